The summed E-state index contributed by atoms with van der Waals surface area (Å²) < 4.78 is 6.90. The molecule has 0 spiro atoms. The van der Waals surface area contributed by atoms with Gasteiger partial charge in [-0.3, -0.25) is 0 Å². The maximum absolute atomic E-state index is 9.37. The lowest BCUT2D eigenvalue weighted by atomic mass is 10.1. The molecule has 3 nitrogen and oxygen atoms in total. The Labute approximate surface area is 110 Å². The summed E-state index contributed by atoms with van der Waals surface area (Å²) >= 11 is 6.91. The van der Waals surface area contributed by atoms with Crippen molar-refractivity contribution in [3.63, 3.8) is 0 Å². The molecule has 16 heavy (non-hydrogen) atoms. The van der Waals surface area contributed by atoms with Gasteiger partial charge in [0.15, 0.2) is 5.76 Å². The van der Waals surface area contributed by atoms with Crippen LogP contribution in [-0.4, -0.2) is 10.3 Å². The molecular weight excluding hydrogens is 338 g/mol. The van der Waals surface area contributed by atoms with Crippen molar-refractivity contribution in [3.05, 3.63) is 39.0 Å². The Bertz CT molecular complexity index is 488. The highest BCUT2D eigenvalue weighted by Crippen LogP contribution is 2.35. The number of rotatable bonds is 2. The molecule has 0 aliphatic heterocycles. The lowest BCUT2D eigenvalue weighted by Crippen LogP contribution is -1.86. The van der Waals surface area contributed by atoms with Crippen LogP contribution >= 0.6 is 31.9 Å². The number of aliphatic hydroxyl groups is 1. The number of hydrogen-bond acceptors (Lipinski definition) is 3. The number of aliphatic hydroxyl groups excluding tert-OH is 1. The SMILES string of the molecule is CC(O)c1cc(-c2c(Br)cccc2Br)no1. The van der Waals surface area contributed by atoms with Crippen LogP contribution < -0.4 is 0 Å². The minimum atomic E-state index is -0.650. The fourth-order valence-electron chi connectivity index (χ4n) is 1.35. The third-order valence-corrected chi connectivity index (χ3v) is 3.48. The summed E-state index contributed by atoms with van der Waals surface area (Å²) in [5.41, 5.74) is 1.61. The van der Waals surface area contributed by atoms with Crippen LogP contribution in [0.25, 0.3) is 11.3 Å². The predicted octanol–water partition coefficient (Wildman–Crippen LogP) is 3.92. The van der Waals surface area contributed by atoms with Crippen molar-refractivity contribution in [1.82, 2.24) is 5.16 Å². The first-order valence-electron chi connectivity index (χ1n) is 4.68. The molecule has 1 unspecified atom stereocenters. The third kappa shape index (κ3) is 2.21. The minimum absolute atomic E-state index is 0.456. The molecule has 1 atom stereocenters. The molecule has 0 fully saturated rings. The van der Waals surface area contributed by atoms with Gasteiger partial charge in [0, 0.05) is 20.6 Å². The molecule has 2 aromatic rings. The van der Waals surface area contributed by atoms with Gasteiger partial charge in [-0.1, -0.05) is 43.1 Å². The molecule has 0 saturated carbocycles. The Morgan fingerprint density at radius 1 is 1.31 bits per heavy atom. The molecule has 1 heterocycles. The molecule has 1 aromatic carbocycles. The molecule has 5 heteroatoms. The van der Waals surface area contributed by atoms with E-state index >= 15 is 0 Å². The summed E-state index contributed by atoms with van der Waals surface area (Å²) in [7, 11) is 0. The van der Waals surface area contributed by atoms with Gasteiger partial charge in [0.25, 0.3) is 0 Å². The molecule has 0 aliphatic carbocycles. The maximum Gasteiger partial charge on any atom is 0.165 e. The zero-order valence-electron chi connectivity index (χ0n) is 8.45. The van der Waals surface area contributed by atoms with Crippen LogP contribution in [0.1, 0.15) is 18.8 Å². The van der Waals surface area contributed by atoms with Gasteiger partial charge in [-0.25, -0.2) is 0 Å². The zero-order chi connectivity index (χ0) is 11.7. The molecule has 0 radical (unpaired) electrons. The molecule has 0 bridgehead atoms. The molecule has 2 rings (SSSR count). The minimum Gasteiger partial charge on any atom is -0.385 e. The number of hydrogen-bond donors (Lipinski definition) is 1. The normalized spacial score (nSPS) is 12.8. The van der Waals surface area contributed by atoms with Crippen LogP contribution in [-0.2, 0) is 0 Å². The van der Waals surface area contributed by atoms with E-state index in [0.717, 1.165) is 14.5 Å². The first-order valence-corrected chi connectivity index (χ1v) is 6.27. The number of nitrogens with zero attached hydrogens (tertiary/aromatic N) is 1. The summed E-state index contributed by atoms with van der Waals surface area (Å²) in [6, 6.07) is 7.51. The predicted molar refractivity (Wildman–Crippen MR) is 68.0 cm³/mol. The topological polar surface area (TPSA) is 46.3 Å². The van der Waals surface area contributed by atoms with Gasteiger partial charge in [-0.15, -0.1) is 0 Å². The molecule has 0 saturated heterocycles. The van der Waals surface area contributed by atoms with Crippen molar-refractivity contribution >= 4 is 31.9 Å². The fourth-order valence-corrected chi connectivity index (χ4v) is 2.75. The van der Waals surface area contributed by atoms with E-state index in [0.29, 0.717) is 11.5 Å². The molecule has 0 amide bonds. The standard InChI is InChI=1S/C11H9Br2NO2/c1-6(15)10-5-9(14-16-10)11-7(12)3-2-4-8(11)13/h2-6,15H,1H3. The van der Waals surface area contributed by atoms with Crippen molar-refractivity contribution in [3.8, 4) is 11.3 Å². The lowest BCUT2D eigenvalue weighted by molar-refractivity contribution is 0.158. The fraction of sp³-hybridized carbons (Fsp3) is 0.182. The number of aromatic nitrogens is 1. The van der Waals surface area contributed by atoms with Crippen molar-refractivity contribution in [2.45, 2.75) is 13.0 Å². The molecule has 84 valence electrons. The van der Waals surface area contributed by atoms with Gasteiger partial charge in [-0.05, 0) is 19.1 Å². The van der Waals surface area contributed by atoms with Gasteiger partial charge in [-0.2, -0.15) is 0 Å². The summed E-state index contributed by atoms with van der Waals surface area (Å²) in [4.78, 5) is 0. The van der Waals surface area contributed by atoms with E-state index in [1.807, 2.05) is 18.2 Å². The number of halogens is 2. The third-order valence-electron chi connectivity index (χ3n) is 2.16. The van der Waals surface area contributed by atoms with Crippen molar-refractivity contribution < 1.29 is 9.63 Å². The summed E-state index contributed by atoms with van der Waals surface area (Å²) in [6.45, 7) is 1.64. The average molecular weight is 347 g/mol. The second kappa shape index (κ2) is 4.69. The van der Waals surface area contributed by atoms with Crippen LogP contribution in [0.4, 0.5) is 0 Å². The molecule has 0 aliphatic rings. The summed E-state index contributed by atoms with van der Waals surface area (Å²) in [5.74, 6) is 0.456. The molecule has 1 N–H and O–H groups in total. The lowest BCUT2D eigenvalue weighted by Gasteiger charge is -2.02. The molecular formula is C11H9Br2NO2. The average Bonchev–Trinajstić information content (AvgIpc) is 2.66. The zero-order valence-corrected chi connectivity index (χ0v) is 11.6. The Hall–Kier alpha value is -0.650. The first-order chi connectivity index (χ1) is 7.59. The summed E-state index contributed by atoms with van der Waals surface area (Å²) in [5, 5.41) is 13.3. The molecule has 1 aromatic heterocycles. The van der Waals surface area contributed by atoms with Gasteiger partial charge in [0.05, 0.1) is 0 Å². The largest absolute Gasteiger partial charge is 0.385 e. The first kappa shape index (κ1) is 11.8. The van der Waals surface area contributed by atoms with Gasteiger partial charge < -0.3 is 9.63 Å². The Kier molecular flexibility index (Phi) is 3.47. The van der Waals surface area contributed by atoms with Gasteiger partial charge in [0.1, 0.15) is 11.8 Å². The highest BCUT2D eigenvalue weighted by molar-refractivity contribution is 9.11. The second-order valence-corrected chi connectivity index (χ2v) is 5.10. The summed E-state index contributed by atoms with van der Waals surface area (Å²) in [6.07, 6.45) is -0.650. The Morgan fingerprint density at radius 2 is 1.94 bits per heavy atom. The van der Waals surface area contributed by atoms with Gasteiger partial charge >= 0.3 is 0 Å². The van der Waals surface area contributed by atoms with E-state index in [1.165, 1.54) is 0 Å². The van der Waals surface area contributed by atoms with Gasteiger partial charge in [0.2, 0.25) is 0 Å². The van der Waals surface area contributed by atoms with E-state index in [9.17, 15) is 5.11 Å². The quantitative estimate of drug-likeness (QED) is 0.896. The van der Waals surface area contributed by atoms with Crippen molar-refractivity contribution in [2.24, 2.45) is 0 Å². The number of benzene rings is 1. The van der Waals surface area contributed by atoms with Crippen molar-refractivity contribution in [2.75, 3.05) is 0 Å². The van der Waals surface area contributed by atoms with Crippen LogP contribution in [0.5, 0.6) is 0 Å². The van der Waals surface area contributed by atoms with E-state index in [4.69, 9.17) is 4.52 Å². The Morgan fingerprint density at radius 3 is 2.44 bits per heavy atom. The van der Waals surface area contributed by atoms with E-state index in [-0.39, 0.29) is 0 Å². The second-order valence-electron chi connectivity index (χ2n) is 3.39. The van der Waals surface area contributed by atoms with E-state index in [1.54, 1.807) is 13.0 Å². The highest BCUT2D eigenvalue weighted by Gasteiger charge is 2.14. The van der Waals surface area contributed by atoms with Crippen molar-refractivity contribution in [1.29, 1.82) is 0 Å². The van der Waals surface area contributed by atoms with Crippen LogP contribution in [0.3, 0.4) is 0 Å². The monoisotopic (exact) mass is 345 g/mol. The van der Waals surface area contributed by atoms with Crippen LogP contribution in [0.2, 0.25) is 0 Å². The Balaban J connectivity index is 2.50. The van der Waals surface area contributed by atoms with Crippen LogP contribution in [0, 0.1) is 0 Å². The highest BCUT2D eigenvalue weighted by atomic mass is 79.9. The maximum atomic E-state index is 9.37. The van der Waals surface area contributed by atoms with E-state index < -0.39 is 6.10 Å². The van der Waals surface area contributed by atoms with Crippen LogP contribution in [0.15, 0.2) is 37.7 Å². The smallest absolute Gasteiger partial charge is 0.165 e. The van der Waals surface area contributed by atoms with E-state index in [2.05, 4.69) is 37.0 Å².